The molecule has 1 aliphatic heterocycles. The maximum atomic E-state index is 6.13. The number of aliphatic imine (C=N–C) groups is 1. The summed E-state index contributed by atoms with van der Waals surface area (Å²) >= 11 is 0. The van der Waals surface area contributed by atoms with Crippen molar-refractivity contribution in [1.29, 1.82) is 0 Å². The third-order valence-corrected chi connectivity index (χ3v) is 4.90. The van der Waals surface area contributed by atoms with Gasteiger partial charge in [0.25, 0.3) is 0 Å². The monoisotopic (exact) mass is 543 g/mol. The van der Waals surface area contributed by atoms with Crippen molar-refractivity contribution < 1.29 is 14.0 Å². The van der Waals surface area contributed by atoms with E-state index in [1.54, 1.807) is 0 Å². The number of hydrogen-bond donors (Lipinski definition) is 2. The lowest BCUT2D eigenvalue weighted by Crippen LogP contribution is -2.37. The Labute approximate surface area is 201 Å². The van der Waals surface area contributed by atoms with E-state index in [0.717, 1.165) is 62.8 Å². The van der Waals surface area contributed by atoms with E-state index in [1.165, 1.54) is 5.56 Å². The molecule has 8 nitrogen and oxygen atoms in total. The largest absolute Gasteiger partial charge is 0.493 e. The van der Waals surface area contributed by atoms with Gasteiger partial charge in [-0.05, 0) is 45.2 Å². The molecule has 172 valence electrons. The Morgan fingerprint density at radius 2 is 2.16 bits per heavy atom. The van der Waals surface area contributed by atoms with Gasteiger partial charge in [0.1, 0.15) is 5.75 Å². The molecule has 1 aliphatic rings. The number of aryl methyl sites for hydroxylation is 3. The number of aromatic nitrogens is 2. The van der Waals surface area contributed by atoms with Crippen LogP contribution in [0.15, 0.2) is 27.7 Å². The lowest BCUT2D eigenvalue weighted by atomic mass is 10.1. The van der Waals surface area contributed by atoms with Gasteiger partial charge in [-0.15, -0.1) is 24.0 Å². The molecule has 1 saturated heterocycles. The molecule has 1 aromatic carbocycles. The first-order chi connectivity index (χ1) is 14.6. The Morgan fingerprint density at radius 1 is 1.29 bits per heavy atom. The number of hydrogen-bond acceptors (Lipinski definition) is 6. The molecule has 2 N–H and O–H groups in total. The van der Waals surface area contributed by atoms with Crippen LogP contribution in [0.3, 0.4) is 0 Å². The molecule has 3 rings (SSSR count). The molecule has 2 aromatic rings. The highest BCUT2D eigenvalue weighted by Gasteiger charge is 2.17. The van der Waals surface area contributed by atoms with Gasteiger partial charge in [0.05, 0.1) is 19.8 Å². The molecule has 1 fully saturated rings. The van der Waals surface area contributed by atoms with E-state index in [2.05, 4.69) is 52.8 Å². The number of guanidine groups is 1. The number of nitrogens with one attached hydrogen (secondary N) is 2. The average molecular weight is 543 g/mol. The Balaban J connectivity index is 0.00000341. The first kappa shape index (κ1) is 25.4. The molecular weight excluding hydrogens is 509 g/mol. The van der Waals surface area contributed by atoms with Crippen molar-refractivity contribution in [2.45, 2.75) is 46.6 Å². The Bertz CT molecular complexity index is 821. The molecule has 0 saturated carbocycles. The fourth-order valence-electron chi connectivity index (χ4n) is 3.24. The van der Waals surface area contributed by atoms with Crippen LogP contribution in [0.25, 0.3) is 0 Å². The first-order valence-corrected chi connectivity index (χ1v) is 10.8. The van der Waals surface area contributed by atoms with Crippen LogP contribution in [0.1, 0.15) is 42.6 Å². The maximum absolute atomic E-state index is 6.13. The summed E-state index contributed by atoms with van der Waals surface area (Å²) in [7, 11) is 0. The molecule has 2 heterocycles. The van der Waals surface area contributed by atoms with Gasteiger partial charge in [0, 0.05) is 37.6 Å². The second-order valence-electron chi connectivity index (χ2n) is 7.61. The summed E-state index contributed by atoms with van der Waals surface area (Å²) in [4.78, 5) is 8.97. The predicted molar refractivity (Wildman–Crippen MR) is 131 cm³/mol. The number of ether oxygens (including phenoxy) is 2. The van der Waals surface area contributed by atoms with E-state index >= 15 is 0 Å². The highest BCUT2D eigenvalue weighted by atomic mass is 127. The minimum Gasteiger partial charge on any atom is -0.493 e. The second-order valence-corrected chi connectivity index (χ2v) is 7.61. The molecule has 0 spiro atoms. The Morgan fingerprint density at radius 3 is 2.87 bits per heavy atom. The van der Waals surface area contributed by atoms with E-state index in [4.69, 9.17) is 19.0 Å². The second kappa shape index (κ2) is 13.5. The third kappa shape index (κ3) is 8.64. The summed E-state index contributed by atoms with van der Waals surface area (Å²) in [6.07, 6.45) is 2.69. The zero-order valence-corrected chi connectivity index (χ0v) is 21.0. The fraction of sp³-hybridized carbons (Fsp3) is 0.591. The quantitative estimate of drug-likeness (QED) is 0.205. The normalized spacial score (nSPS) is 16.1. The summed E-state index contributed by atoms with van der Waals surface area (Å²) < 4.78 is 16.7. The SMILES string of the molecule is CCNC(=NCc1ccc(C)cc1OCC1CCOC1)NCCCc1nc(C)no1.I. The van der Waals surface area contributed by atoms with Gasteiger partial charge < -0.3 is 24.6 Å². The van der Waals surface area contributed by atoms with E-state index in [0.29, 0.717) is 30.8 Å². The summed E-state index contributed by atoms with van der Waals surface area (Å²) in [6, 6.07) is 6.29. The molecule has 1 atom stereocenters. The molecule has 0 amide bonds. The summed E-state index contributed by atoms with van der Waals surface area (Å²) in [5.74, 6) is 3.52. The van der Waals surface area contributed by atoms with Gasteiger partial charge in [0.2, 0.25) is 5.89 Å². The predicted octanol–water partition coefficient (Wildman–Crippen LogP) is 3.41. The van der Waals surface area contributed by atoms with E-state index < -0.39 is 0 Å². The number of benzene rings is 1. The van der Waals surface area contributed by atoms with Crippen molar-refractivity contribution in [3.8, 4) is 5.75 Å². The maximum Gasteiger partial charge on any atom is 0.226 e. The van der Waals surface area contributed by atoms with Crippen LogP contribution < -0.4 is 15.4 Å². The third-order valence-electron chi connectivity index (χ3n) is 4.90. The van der Waals surface area contributed by atoms with Crippen molar-refractivity contribution in [1.82, 2.24) is 20.8 Å². The molecule has 31 heavy (non-hydrogen) atoms. The van der Waals surface area contributed by atoms with Crippen LogP contribution in [0.2, 0.25) is 0 Å². The minimum atomic E-state index is 0. The van der Waals surface area contributed by atoms with Crippen molar-refractivity contribution >= 4 is 29.9 Å². The lowest BCUT2D eigenvalue weighted by molar-refractivity contribution is 0.166. The highest BCUT2D eigenvalue weighted by Crippen LogP contribution is 2.23. The van der Waals surface area contributed by atoms with Crippen LogP contribution >= 0.6 is 24.0 Å². The fourth-order valence-corrected chi connectivity index (χ4v) is 3.24. The van der Waals surface area contributed by atoms with Crippen molar-refractivity contribution in [3.63, 3.8) is 0 Å². The van der Waals surface area contributed by atoms with E-state index in [9.17, 15) is 0 Å². The zero-order chi connectivity index (χ0) is 21.2. The van der Waals surface area contributed by atoms with Crippen molar-refractivity contribution in [3.05, 3.63) is 41.0 Å². The lowest BCUT2D eigenvalue weighted by Gasteiger charge is -2.15. The number of halogens is 1. The molecule has 0 radical (unpaired) electrons. The Hall–Kier alpha value is -1.88. The molecule has 1 unspecified atom stereocenters. The number of rotatable bonds is 10. The molecule has 1 aromatic heterocycles. The van der Waals surface area contributed by atoms with Gasteiger partial charge in [-0.2, -0.15) is 4.98 Å². The average Bonchev–Trinajstić information content (AvgIpc) is 3.40. The van der Waals surface area contributed by atoms with Crippen LogP contribution in [0, 0.1) is 19.8 Å². The van der Waals surface area contributed by atoms with Gasteiger partial charge >= 0.3 is 0 Å². The number of nitrogens with zero attached hydrogens (tertiary/aromatic N) is 3. The van der Waals surface area contributed by atoms with Gasteiger partial charge in [-0.1, -0.05) is 17.3 Å². The summed E-state index contributed by atoms with van der Waals surface area (Å²) in [5, 5.41) is 10.5. The molecule has 0 aliphatic carbocycles. The molecular formula is C22H34IN5O3. The van der Waals surface area contributed by atoms with Gasteiger partial charge in [0.15, 0.2) is 11.8 Å². The standard InChI is InChI=1S/C22H33N5O3.HI/c1-4-23-22(24-10-5-6-21-26-17(3)27-30-21)25-13-19-8-7-16(2)12-20(19)29-15-18-9-11-28-14-18;/h7-8,12,18H,4-6,9-11,13-15H2,1-3H3,(H2,23,24,25);1H. The smallest absolute Gasteiger partial charge is 0.226 e. The van der Waals surface area contributed by atoms with Gasteiger partial charge in [-0.25, -0.2) is 4.99 Å². The van der Waals surface area contributed by atoms with E-state index in [1.807, 2.05) is 6.92 Å². The van der Waals surface area contributed by atoms with Crippen LogP contribution in [0.4, 0.5) is 0 Å². The van der Waals surface area contributed by atoms with Gasteiger partial charge in [-0.3, -0.25) is 0 Å². The molecule has 0 bridgehead atoms. The van der Waals surface area contributed by atoms with Crippen molar-refractivity contribution in [2.24, 2.45) is 10.9 Å². The Kier molecular flexibility index (Phi) is 11.1. The summed E-state index contributed by atoms with van der Waals surface area (Å²) in [6.45, 7) is 10.4. The van der Waals surface area contributed by atoms with Crippen molar-refractivity contribution in [2.75, 3.05) is 32.9 Å². The minimum absolute atomic E-state index is 0. The zero-order valence-electron chi connectivity index (χ0n) is 18.6. The topological polar surface area (TPSA) is 93.8 Å². The van der Waals surface area contributed by atoms with Crippen LogP contribution in [-0.4, -0.2) is 49.0 Å². The van der Waals surface area contributed by atoms with E-state index in [-0.39, 0.29) is 24.0 Å². The van der Waals surface area contributed by atoms with Crippen LogP contribution in [-0.2, 0) is 17.7 Å². The molecule has 9 heteroatoms. The van der Waals surface area contributed by atoms with Crippen LogP contribution in [0.5, 0.6) is 5.75 Å². The summed E-state index contributed by atoms with van der Waals surface area (Å²) in [5.41, 5.74) is 2.26. The first-order valence-electron chi connectivity index (χ1n) is 10.8. The highest BCUT2D eigenvalue weighted by molar-refractivity contribution is 14.0.